The van der Waals surface area contributed by atoms with Crippen molar-refractivity contribution in [3.8, 4) is 0 Å². The zero-order chi connectivity index (χ0) is 20.4. The minimum atomic E-state index is -0.635. The van der Waals surface area contributed by atoms with E-state index in [4.69, 9.17) is 0 Å². The number of hydrazine groups is 1. The number of nitrogens with one attached hydrogen (secondary N) is 3. The van der Waals surface area contributed by atoms with E-state index >= 15 is 0 Å². The number of aromatic amines is 1. The first kappa shape index (κ1) is 18.7. The lowest BCUT2D eigenvalue weighted by molar-refractivity contribution is -0.136. The average molecular weight is 394 g/mol. The van der Waals surface area contributed by atoms with Crippen LogP contribution in [0.1, 0.15) is 35.8 Å². The van der Waals surface area contributed by atoms with Crippen molar-refractivity contribution in [1.29, 1.82) is 0 Å². The first-order chi connectivity index (χ1) is 14.1. The molecule has 4 rings (SSSR count). The van der Waals surface area contributed by atoms with Gasteiger partial charge in [0.25, 0.3) is 11.8 Å². The largest absolute Gasteiger partial charge is 0.361 e. The minimum absolute atomic E-state index is 0.0801. The van der Waals surface area contributed by atoms with E-state index in [0.717, 1.165) is 16.5 Å². The fraction of sp³-hybridized carbons (Fsp3) is 0.300. The molecule has 1 aromatic carbocycles. The van der Waals surface area contributed by atoms with Crippen molar-refractivity contribution >= 4 is 28.6 Å². The molecule has 1 atom stereocenters. The van der Waals surface area contributed by atoms with Gasteiger partial charge in [0.05, 0.1) is 0 Å². The van der Waals surface area contributed by atoms with Crippen molar-refractivity contribution in [2.45, 2.75) is 38.9 Å². The first-order valence-corrected chi connectivity index (χ1v) is 9.55. The van der Waals surface area contributed by atoms with Gasteiger partial charge in [0.1, 0.15) is 6.04 Å². The molecule has 9 nitrogen and oxygen atoms in total. The Balaban J connectivity index is 1.42. The fourth-order valence-electron chi connectivity index (χ4n) is 3.58. The maximum atomic E-state index is 12.6. The van der Waals surface area contributed by atoms with Crippen LogP contribution in [0, 0.1) is 0 Å². The van der Waals surface area contributed by atoms with E-state index in [1.165, 1.54) is 0 Å². The van der Waals surface area contributed by atoms with Gasteiger partial charge < -0.3 is 9.88 Å². The summed E-state index contributed by atoms with van der Waals surface area (Å²) in [5, 5.41) is 5.11. The lowest BCUT2D eigenvalue weighted by Crippen LogP contribution is -2.50. The SMILES string of the molecule is CCn1ccc(C(=O)NNC(=O)C2CCC(=O)N2Cc2c[nH]c3ccccc23)n1. The molecule has 2 aromatic heterocycles. The number of hydrogen-bond donors (Lipinski definition) is 3. The van der Waals surface area contributed by atoms with Gasteiger partial charge in [-0.1, -0.05) is 18.2 Å². The van der Waals surface area contributed by atoms with E-state index in [1.807, 2.05) is 37.4 Å². The molecule has 1 saturated heterocycles. The van der Waals surface area contributed by atoms with Gasteiger partial charge in [-0.15, -0.1) is 0 Å². The number of benzene rings is 1. The molecule has 1 fully saturated rings. The Hall–Kier alpha value is -3.62. The predicted molar refractivity (Wildman–Crippen MR) is 105 cm³/mol. The third kappa shape index (κ3) is 3.71. The number of aryl methyl sites for hydroxylation is 1. The smallest absolute Gasteiger partial charge is 0.290 e. The first-order valence-electron chi connectivity index (χ1n) is 9.55. The molecule has 150 valence electrons. The van der Waals surface area contributed by atoms with Crippen LogP contribution in [0.4, 0.5) is 0 Å². The number of nitrogens with zero attached hydrogens (tertiary/aromatic N) is 3. The second-order valence-corrected chi connectivity index (χ2v) is 6.94. The van der Waals surface area contributed by atoms with Crippen molar-refractivity contribution < 1.29 is 14.4 Å². The number of amides is 3. The molecule has 3 heterocycles. The third-order valence-electron chi connectivity index (χ3n) is 5.14. The highest BCUT2D eigenvalue weighted by molar-refractivity contribution is 5.96. The van der Waals surface area contributed by atoms with Crippen LogP contribution in [0.5, 0.6) is 0 Å². The summed E-state index contributed by atoms with van der Waals surface area (Å²) in [6, 6.07) is 8.76. The monoisotopic (exact) mass is 394 g/mol. The Morgan fingerprint density at radius 2 is 2.07 bits per heavy atom. The summed E-state index contributed by atoms with van der Waals surface area (Å²) in [6.45, 7) is 2.89. The van der Waals surface area contributed by atoms with Gasteiger partial charge in [0.15, 0.2) is 5.69 Å². The van der Waals surface area contributed by atoms with Gasteiger partial charge in [-0.05, 0) is 31.0 Å². The number of H-pyrrole nitrogens is 1. The molecule has 3 amide bonds. The van der Waals surface area contributed by atoms with E-state index in [-0.39, 0.29) is 11.6 Å². The maximum absolute atomic E-state index is 12.6. The van der Waals surface area contributed by atoms with Crippen LogP contribution in [0.3, 0.4) is 0 Å². The molecular formula is C20H22N6O3. The number of carbonyl (C=O) groups excluding carboxylic acids is 3. The van der Waals surface area contributed by atoms with Crippen molar-refractivity contribution in [3.05, 3.63) is 54.0 Å². The van der Waals surface area contributed by atoms with Crippen molar-refractivity contribution in [2.75, 3.05) is 0 Å². The maximum Gasteiger partial charge on any atom is 0.290 e. The van der Waals surface area contributed by atoms with Crippen LogP contribution in [0.2, 0.25) is 0 Å². The molecule has 0 bridgehead atoms. The number of rotatable bonds is 5. The van der Waals surface area contributed by atoms with Gasteiger partial charge in [-0.2, -0.15) is 5.10 Å². The van der Waals surface area contributed by atoms with Gasteiger partial charge in [-0.25, -0.2) is 0 Å². The van der Waals surface area contributed by atoms with Gasteiger partial charge in [-0.3, -0.25) is 29.9 Å². The molecule has 1 aliphatic heterocycles. The van der Waals surface area contributed by atoms with E-state index in [9.17, 15) is 14.4 Å². The van der Waals surface area contributed by atoms with E-state index in [0.29, 0.717) is 25.9 Å². The van der Waals surface area contributed by atoms with E-state index in [1.54, 1.807) is 21.8 Å². The molecule has 1 unspecified atom stereocenters. The Bertz CT molecular complexity index is 1070. The standard InChI is InChI=1S/C20H22N6O3/c1-2-25-10-9-16(24-25)19(28)22-23-20(29)17-7-8-18(27)26(17)12-13-11-21-15-6-4-3-5-14(13)15/h3-6,9-11,17,21H,2,7-8,12H2,1H3,(H,22,28)(H,23,29). The van der Waals surface area contributed by atoms with Crippen LogP contribution >= 0.6 is 0 Å². The quantitative estimate of drug-likeness (QED) is 0.567. The number of hydrogen-bond acceptors (Lipinski definition) is 4. The minimum Gasteiger partial charge on any atom is -0.361 e. The third-order valence-corrected chi connectivity index (χ3v) is 5.14. The van der Waals surface area contributed by atoms with Gasteiger partial charge in [0.2, 0.25) is 5.91 Å². The molecule has 3 N–H and O–H groups in total. The Morgan fingerprint density at radius 1 is 1.24 bits per heavy atom. The second kappa shape index (κ2) is 7.78. The zero-order valence-corrected chi connectivity index (χ0v) is 16.0. The molecule has 0 saturated carbocycles. The second-order valence-electron chi connectivity index (χ2n) is 6.94. The van der Waals surface area contributed by atoms with Crippen LogP contribution < -0.4 is 10.9 Å². The number of carbonyl (C=O) groups is 3. The molecule has 0 spiro atoms. The summed E-state index contributed by atoms with van der Waals surface area (Å²) in [7, 11) is 0. The number of likely N-dealkylation sites (tertiary alicyclic amines) is 1. The van der Waals surface area contributed by atoms with Crippen LogP contribution in [-0.4, -0.2) is 43.4 Å². The Morgan fingerprint density at radius 3 is 2.86 bits per heavy atom. The molecule has 29 heavy (non-hydrogen) atoms. The Kier molecular flexibility index (Phi) is 5.03. The lowest BCUT2D eigenvalue weighted by Gasteiger charge is -2.24. The van der Waals surface area contributed by atoms with Gasteiger partial charge >= 0.3 is 0 Å². The molecule has 9 heteroatoms. The molecule has 3 aromatic rings. The lowest BCUT2D eigenvalue weighted by atomic mass is 10.1. The number of para-hydroxylation sites is 1. The Labute approximate surface area is 167 Å². The predicted octanol–water partition coefficient (Wildman–Crippen LogP) is 1.34. The van der Waals surface area contributed by atoms with Crippen molar-refractivity contribution in [2.24, 2.45) is 0 Å². The van der Waals surface area contributed by atoms with Gasteiger partial charge in [0, 0.05) is 42.8 Å². The van der Waals surface area contributed by atoms with E-state index < -0.39 is 17.9 Å². The summed E-state index contributed by atoms with van der Waals surface area (Å²) in [6.07, 6.45) is 4.26. The van der Waals surface area contributed by atoms with E-state index in [2.05, 4.69) is 20.9 Å². The molecule has 1 aliphatic rings. The summed E-state index contributed by atoms with van der Waals surface area (Å²) >= 11 is 0. The van der Waals surface area contributed by atoms with Crippen molar-refractivity contribution in [1.82, 2.24) is 30.5 Å². The van der Waals surface area contributed by atoms with Crippen molar-refractivity contribution in [3.63, 3.8) is 0 Å². The highest BCUT2D eigenvalue weighted by Gasteiger charge is 2.36. The zero-order valence-electron chi connectivity index (χ0n) is 16.0. The summed E-state index contributed by atoms with van der Waals surface area (Å²) in [4.78, 5) is 41.9. The number of aromatic nitrogens is 3. The fourth-order valence-corrected chi connectivity index (χ4v) is 3.58. The summed E-state index contributed by atoms with van der Waals surface area (Å²) < 4.78 is 1.62. The summed E-state index contributed by atoms with van der Waals surface area (Å²) in [5.41, 5.74) is 6.95. The molecule has 0 aliphatic carbocycles. The van der Waals surface area contributed by atoms with Crippen LogP contribution in [0.15, 0.2) is 42.7 Å². The summed E-state index contributed by atoms with van der Waals surface area (Å²) in [5.74, 6) is -1.000. The topological polar surface area (TPSA) is 112 Å². The molecular weight excluding hydrogens is 372 g/mol. The van der Waals surface area contributed by atoms with Crippen LogP contribution in [0.25, 0.3) is 10.9 Å². The normalized spacial score (nSPS) is 16.4. The number of fused-ring (bicyclic) bond motifs is 1. The van der Waals surface area contributed by atoms with Crippen LogP contribution in [-0.2, 0) is 22.7 Å². The average Bonchev–Trinajstić information content (AvgIpc) is 3.46. The highest BCUT2D eigenvalue weighted by atomic mass is 16.2. The highest BCUT2D eigenvalue weighted by Crippen LogP contribution is 2.25. The molecule has 0 radical (unpaired) electrons.